The Hall–Kier alpha value is -3.61. The Morgan fingerprint density at radius 2 is 1.79 bits per heavy atom. The third kappa shape index (κ3) is 3.99. The van der Waals surface area contributed by atoms with Gasteiger partial charge in [0.1, 0.15) is 0 Å². The van der Waals surface area contributed by atoms with E-state index in [0.29, 0.717) is 23.3 Å². The first-order chi connectivity index (χ1) is 13.6. The fourth-order valence-electron chi connectivity index (χ4n) is 2.83. The van der Waals surface area contributed by atoms with Crippen LogP contribution in [0.5, 0.6) is 0 Å². The molecular weight excluding hydrogens is 385 g/mol. The summed E-state index contributed by atoms with van der Waals surface area (Å²) in [6.45, 7) is 5.03. The SMILES string of the molecule is Cc1cc(C)nc(C(C#N)C(=O)c2cnn(-c3ccc(C(F)(F)F)cn3)c2C)n1. The molecule has 0 saturated heterocycles. The van der Waals surface area contributed by atoms with E-state index in [-0.39, 0.29) is 17.2 Å². The van der Waals surface area contributed by atoms with Gasteiger partial charge in [-0.25, -0.2) is 19.6 Å². The van der Waals surface area contributed by atoms with Gasteiger partial charge in [-0.15, -0.1) is 0 Å². The molecule has 29 heavy (non-hydrogen) atoms. The van der Waals surface area contributed by atoms with Crippen molar-refractivity contribution < 1.29 is 18.0 Å². The van der Waals surface area contributed by atoms with Crippen LogP contribution in [0.4, 0.5) is 13.2 Å². The molecule has 0 spiro atoms. The van der Waals surface area contributed by atoms with Crippen molar-refractivity contribution in [3.63, 3.8) is 0 Å². The van der Waals surface area contributed by atoms with Crippen LogP contribution in [0.2, 0.25) is 0 Å². The summed E-state index contributed by atoms with van der Waals surface area (Å²) in [5.74, 6) is -1.57. The largest absolute Gasteiger partial charge is 0.417 e. The van der Waals surface area contributed by atoms with E-state index in [0.717, 1.165) is 12.1 Å². The molecule has 3 aromatic heterocycles. The quantitative estimate of drug-likeness (QED) is 0.622. The lowest BCUT2D eigenvalue weighted by molar-refractivity contribution is -0.137. The second kappa shape index (κ2) is 7.43. The van der Waals surface area contributed by atoms with Gasteiger partial charge in [0.15, 0.2) is 23.3 Å². The van der Waals surface area contributed by atoms with Crippen LogP contribution in [-0.2, 0) is 6.18 Å². The van der Waals surface area contributed by atoms with Crippen LogP contribution in [0.3, 0.4) is 0 Å². The summed E-state index contributed by atoms with van der Waals surface area (Å²) in [4.78, 5) is 25.1. The van der Waals surface area contributed by atoms with Crippen LogP contribution in [0.15, 0.2) is 30.6 Å². The fraction of sp³-hybridized carbons (Fsp3) is 0.263. The van der Waals surface area contributed by atoms with Crippen molar-refractivity contribution in [1.82, 2.24) is 24.7 Å². The van der Waals surface area contributed by atoms with Gasteiger partial charge in [-0.1, -0.05) is 0 Å². The van der Waals surface area contributed by atoms with Crippen molar-refractivity contribution in [3.05, 3.63) is 64.6 Å². The zero-order valence-electron chi connectivity index (χ0n) is 15.7. The van der Waals surface area contributed by atoms with Crippen LogP contribution in [0.25, 0.3) is 5.82 Å². The van der Waals surface area contributed by atoms with Gasteiger partial charge in [0, 0.05) is 17.6 Å². The number of alkyl halides is 3. The lowest BCUT2D eigenvalue weighted by atomic mass is 9.98. The first-order valence-electron chi connectivity index (χ1n) is 8.46. The summed E-state index contributed by atoms with van der Waals surface area (Å²) < 4.78 is 39.4. The fourth-order valence-corrected chi connectivity index (χ4v) is 2.83. The van der Waals surface area contributed by atoms with Gasteiger partial charge in [0.2, 0.25) is 0 Å². The highest BCUT2D eigenvalue weighted by atomic mass is 19.4. The molecule has 0 aliphatic heterocycles. The molecular formula is C19H15F3N6O. The Balaban J connectivity index is 1.95. The molecule has 148 valence electrons. The van der Waals surface area contributed by atoms with Crippen molar-refractivity contribution >= 4 is 5.78 Å². The van der Waals surface area contributed by atoms with E-state index >= 15 is 0 Å². The number of Topliss-reactive ketones (excluding diaryl/α,β-unsaturated/α-hetero) is 1. The maximum atomic E-state index is 12.9. The third-order valence-corrected chi connectivity index (χ3v) is 4.22. The molecule has 1 unspecified atom stereocenters. The first kappa shape index (κ1) is 20.1. The van der Waals surface area contributed by atoms with Crippen LogP contribution < -0.4 is 0 Å². The number of carbonyl (C=O) groups is 1. The van der Waals surface area contributed by atoms with Gasteiger partial charge < -0.3 is 0 Å². The summed E-state index contributed by atoms with van der Waals surface area (Å²) in [7, 11) is 0. The number of aromatic nitrogens is 5. The molecule has 3 rings (SSSR count). The number of halogens is 3. The molecule has 0 saturated carbocycles. The Morgan fingerprint density at radius 3 is 2.31 bits per heavy atom. The van der Waals surface area contributed by atoms with Crippen molar-refractivity contribution in [3.8, 4) is 11.9 Å². The van der Waals surface area contributed by atoms with E-state index in [9.17, 15) is 23.2 Å². The van der Waals surface area contributed by atoms with Crippen molar-refractivity contribution in [1.29, 1.82) is 5.26 Å². The predicted octanol–water partition coefficient (Wildman–Crippen LogP) is 3.49. The number of hydrogen-bond donors (Lipinski definition) is 0. The standard InChI is InChI=1S/C19H15F3N6O/c1-10-6-11(2)27-18(26-10)14(7-23)17(29)15-9-25-28(12(15)3)16-5-4-13(8-24-16)19(20,21)22/h4-6,8-9,14H,1-3H3. The van der Waals surface area contributed by atoms with Gasteiger partial charge in [0.25, 0.3) is 0 Å². The number of aryl methyl sites for hydroxylation is 2. The summed E-state index contributed by atoms with van der Waals surface area (Å²) >= 11 is 0. The summed E-state index contributed by atoms with van der Waals surface area (Å²) in [6.07, 6.45) is -2.55. The van der Waals surface area contributed by atoms with E-state index in [4.69, 9.17) is 0 Å². The number of hydrogen-bond acceptors (Lipinski definition) is 6. The average molecular weight is 400 g/mol. The third-order valence-electron chi connectivity index (χ3n) is 4.22. The second-order valence-electron chi connectivity index (χ2n) is 6.39. The van der Waals surface area contributed by atoms with Crippen molar-refractivity contribution in [2.24, 2.45) is 0 Å². The minimum absolute atomic E-state index is 0.0924. The summed E-state index contributed by atoms with van der Waals surface area (Å²) in [5, 5.41) is 13.6. The minimum atomic E-state index is -4.50. The number of rotatable bonds is 4. The maximum absolute atomic E-state index is 12.9. The minimum Gasteiger partial charge on any atom is -0.292 e. The smallest absolute Gasteiger partial charge is 0.292 e. The highest BCUT2D eigenvalue weighted by Gasteiger charge is 2.31. The number of carbonyl (C=O) groups excluding carboxylic acids is 1. The van der Waals surface area contributed by atoms with Crippen LogP contribution in [0.1, 0.15) is 44.7 Å². The van der Waals surface area contributed by atoms with E-state index in [1.165, 1.54) is 10.9 Å². The monoisotopic (exact) mass is 400 g/mol. The molecule has 0 aromatic carbocycles. The molecule has 7 nitrogen and oxygen atoms in total. The average Bonchev–Trinajstić information content (AvgIpc) is 3.02. The number of pyridine rings is 1. The molecule has 0 N–H and O–H groups in total. The van der Waals surface area contributed by atoms with E-state index < -0.39 is 23.4 Å². The predicted molar refractivity (Wildman–Crippen MR) is 95.3 cm³/mol. The zero-order chi connectivity index (χ0) is 21.3. The zero-order valence-corrected chi connectivity index (χ0v) is 15.7. The van der Waals surface area contributed by atoms with Gasteiger partial charge in [-0.2, -0.15) is 23.5 Å². The molecule has 0 fully saturated rings. The molecule has 0 radical (unpaired) electrons. The van der Waals surface area contributed by atoms with Gasteiger partial charge in [0.05, 0.1) is 29.1 Å². The Kier molecular flexibility index (Phi) is 5.16. The molecule has 1 atom stereocenters. The summed E-state index contributed by atoms with van der Waals surface area (Å²) in [5.41, 5.74) is 0.843. The summed E-state index contributed by atoms with van der Waals surface area (Å²) in [6, 6.07) is 5.68. The first-order valence-corrected chi connectivity index (χ1v) is 8.46. The Morgan fingerprint density at radius 1 is 1.14 bits per heavy atom. The van der Waals surface area contributed by atoms with E-state index in [2.05, 4.69) is 20.1 Å². The van der Waals surface area contributed by atoms with E-state index in [1.54, 1.807) is 26.8 Å². The van der Waals surface area contributed by atoms with Gasteiger partial charge in [-0.3, -0.25) is 4.79 Å². The van der Waals surface area contributed by atoms with Gasteiger partial charge >= 0.3 is 6.18 Å². The van der Waals surface area contributed by atoms with Gasteiger partial charge in [-0.05, 0) is 39.0 Å². The lowest BCUT2D eigenvalue weighted by Crippen LogP contribution is -2.16. The van der Waals surface area contributed by atoms with Crippen molar-refractivity contribution in [2.75, 3.05) is 0 Å². The molecule has 0 aliphatic carbocycles. The topological polar surface area (TPSA) is 97.3 Å². The number of ketones is 1. The van der Waals surface area contributed by atoms with E-state index in [1.807, 2.05) is 6.07 Å². The molecule has 10 heteroatoms. The van der Waals surface area contributed by atoms with Crippen LogP contribution in [0, 0.1) is 32.1 Å². The Bertz CT molecular complexity index is 1090. The second-order valence-corrected chi connectivity index (χ2v) is 6.39. The number of nitriles is 1. The van der Waals surface area contributed by atoms with Crippen LogP contribution in [-0.4, -0.2) is 30.5 Å². The van der Waals surface area contributed by atoms with Crippen LogP contribution >= 0.6 is 0 Å². The Labute approximate surface area is 163 Å². The normalized spacial score (nSPS) is 12.4. The lowest BCUT2D eigenvalue weighted by Gasteiger charge is -2.10. The number of nitrogens with zero attached hydrogens (tertiary/aromatic N) is 6. The molecule has 0 aliphatic rings. The highest BCUT2D eigenvalue weighted by Crippen LogP contribution is 2.29. The van der Waals surface area contributed by atoms with Crippen molar-refractivity contribution in [2.45, 2.75) is 32.9 Å². The highest BCUT2D eigenvalue weighted by molar-refractivity contribution is 6.03. The molecule has 3 aromatic rings. The molecule has 0 bridgehead atoms. The maximum Gasteiger partial charge on any atom is 0.417 e. The molecule has 0 amide bonds. The molecule has 3 heterocycles.